The molecule has 0 saturated heterocycles. The van der Waals surface area contributed by atoms with Gasteiger partial charge in [-0.05, 0) is 11.5 Å². The van der Waals surface area contributed by atoms with Crippen LogP contribution in [0.1, 0.15) is 25.7 Å². The van der Waals surface area contributed by atoms with Gasteiger partial charge in [0.1, 0.15) is 24.4 Å². The Labute approximate surface area is 203 Å². The molecule has 14 nitrogen and oxygen atoms in total. The maximum atomic E-state index is 10.8. The maximum absolute atomic E-state index is 10.8. The second kappa shape index (κ2) is 14.4. The van der Waals surface area contributed by atoms with Crippen LogP contribution >= 0.6 is 0 Å². The van der Waals surface area contributed by atoms with Crippen molar-refractivity contribution in [2.75, 3.05) is 13.2 Å². The minimum Gasteiger partial charge on any atom is -0.870 e. The molecule has 15 heteroatoms. The van der Waals surface area contributed by atoms with Crippen molar-refractivity contribution in [2.45, 2.75) is 62.2 Å². The third-order valence-electron chi connectivity index (χ3n) is 4.68. The minimum absolute atomic E-state index is 0. The molecule has 0 aromatic rings. The predicted octanol–water partition coefficient (Wildman–Crippen LogP) is -2.81. The first-order valence-corrected chi connectivity index (χ1v) is 9.58. The molecular weight excluding hydrogens is 631 g/mol. The van der Waals surface area contributed by atoms with E-state index in [1.807, 2.05) is 0 Å². The van der Waals surface area contributed by atoms with Gasteiger partial charge in [0.15, 0.2) is 11.5 Å². The van der Waals surface area contributed by atoms with E-state index in [0.29, 0.717) is 0 Å². The number of cyclic esters (lactones) is 2. The van der Waals surface area contributed by atoms with E-state index in [-0.39, 0.29) is 33.1 Å². The predicted molar refractivity (Wildman–Crippen MR) is 99.9 cm³/mol. The average Bonchev–Trinajstić information content (AvgIpc) is 3.20. The van der Waals surface area contributed by atoms with Gasteiger partial charge in [-0.1, -0.05) is 25.7 Å². The van der Waals surface area contributed by atoms with Gasteiger partial charge in [0, 0.05) is 0 Å². The number of esters is 2. The Morgan fingerprint density at radius 3 is 1.30 bits per heavy atom. The molecular formula is C18H26N2O12Pt. The van der Waals surface area contributed by atoms with E-state index < -0.39 is 72.6 Å². The Morgan fingerprint density at radius 2 is 1.12 bits per heavy atom. The second-order valence-corrected chi connectivity index (χ2v) is 7.07. The zero-order chi connectivity index (χ0) is 24.6. The van der Waals surface area contributed by atoms with Crippen molar-refractivity contribution in [1.29, 1.82) is 0 Å². The van der Waals surface area contributed by atoms with Crippen molar-refractivity contribution in [3.63, 3.8) is 0 Å². The van der Waals surface area contributed by atoms with Gasteiger partial charge in [0.05, 0.1) is 13.2 Å². The molecule has 190 valence electrons. The minimum atomic E-state index is -1.48. The van der Waals surface area contributed by atoms with Gasteiger partial charge in [-0.15, -0.1) is 0 Å². The molecule has 1 aliphatic carbocycles. The van der Waals surface area contributed by atoms with Gasteiger partial charge >= 0.3 is 33.0 Å². The Balaban J connectivity index is 0.000000468. The Bertz CT molecular complexity index is 671. The molecule has 0 unspecified atom stereocenters. The van der Waals surface area contributed by atoms with Crippen molar-refractivity contribution in [3.8, 4) is 0 Å². The first kappa shape index (κ1) is 31.1. The molecule has 0 bridgehead atoms. The monoisotopic (exact) mass is 657 g/mol. The van der Waals surface area contributed by atoms with E-state index >= 15 is 0 Å². The second-order valence-electron chi connectivity index (χ2n) is 7.07. The molecule has 33 heavy (non-hydrogen) atoms. The van der Waals surface area contributed by atoms with E-state index in [1.54, 1.807) is 0 Å². The van der Waals surface area contributed by atoms with Crippen LogP contribution in [-0.4, -0.2) is 92.3 Å². The Kier molecular flexibility index (Phi) is 13.5. The van der Waals surface area contributed by atoms with Crippen LogP contribution in [0, 0.1) is 0 Å². The van der Waals surface area contributed by atoms with Crippen molar-refractivity contribution in [1.82, 2.24) is 0 Å². The van der Waals surface area contributed by atoms with Gasteiger partial charge in [0.25, 0.3) is 0 Å². The van der Waals surface area contributed by atoms with Gasteiger partial charge < -0.3 is 61.8 Å². The molecule has 0 aromatic heterocycles. The number of carbonyl (C=O) groups is 2. The summed E-state index contributed by atoms with van der Waals surface area (Å²) in [5.41, 5.74) is 14.6. The Hall–Kier alpha value is -1.93. The normalized spacial score (nSPS) is 28.4. The SMILES string of the molecule is O=C1O[C@H]([C@@H](O)CO)C([O-])=C1O.O=C1O[C@H]([C@@H](O)CO)C([O-])=C1O.[NH-][C@H]1CCCC[C@@H]1[NH-].[Pt+4]. The topological polar surface area (TPSA) is 268 Å². The molecule has 0 amide bonds. The number of rotatable bonds is 4. The van der Waals surface area contributed by atoms with Crippen LogP contribution in [0.4, 0.5) is 0 Å². The summed E-state index contributed by atoms with van der Waals surface area (Å²) in [6.07, 6.45) is -1.66. The largest absolute Gasteiger partial charge is 4.00 e. The third-order valence-corrected chi connectivity index (χ3v) is 4.68. The van der Waals surface area contributed by atoms with Crippen molar-refractivity contribution in [2.24, 2.45) is 0 Å². The summed E-state index contributed by atoms with van der Waals surface area (Å²) in [7, 11) is 0. The van der Waals surface area contributed by atoms with Crippen LogP contribution in [0.2, 0.25) is 0 Å². The number of hydrogen-bond acceptors (Lipinski definition) is 12. The molecule has 2 aliphatic heterocycles. The summed E-state index contributed by atoms with van der Waals surface area (Å²) in [4.78, 5) is 21.0. The van der Waals surface area contributed by atoms with Crippen LogP contribution in [0.3, 0.4) is 0 Å². The van der Waals surface area contributed by atoms with Crippen molar-refractivity contribution >= 4 is 11.9 Å². The van der Waals surface area contributed by atoms with E-state index in [0.717, 1.165) is 12.8 Å². The molecule has 6 atom stereocenters. The maximum Gasteiger partial charge on any atom is 4.00 e. The first-order chi connectivity index (χ1) is 15.0. The number of nitrogens with one attached hydrogen (secondary N) is 2. The summed E-state index contributed by atoms with van der Waals surface area (Å²) >= 11 is 0. The summed E-state index contributed by atoms with van der Waals surface area (Å²) in [5, 5.41) is 73.6. The fraction of sp³-hybridized carbons (Fsp3) is 0.667. The van der Waals surface area contributed by atoms with E-state index in [1.165, 1.54) is 12.8 Å². The molecule has 0 spiro atoms. The van der Waals surface area contributed by atoms with Crippen LogP contribution < -0.4 is 10.2 Å². The number of aliphatic hydroxyl groups excluding tert-OH is 6. The van der Waals surface area contributed by atoms with E-state index in [9.17, 15) is 19.8 Å². The summed E-state index contributed by atoms with van der Waals surface area (Å²) in [5.74, 6) is -6.40. The fourth-order valence-electron chi connectivity index (χ4n) is 2.75. The van der Waals surface area contributed by atoms with E-state index in [2.05, 4.69) is 9.47 Å². The first-order valence-electron chi connectivity index (χ1n) is 9.58. The number of carbonyl (C=O) groups excluding carboxylic acids is 2. The number of aliphatic hydroxyl groups is 6. The van der Waals surface area contributed by atoms with E-state index in [4.69, 9.17) is 42.1 Å². The van der Waals surface area contributed by atoms with Crippen LogP contribution in [0.5, 0.6) is 0 Å². The number of ether oxygens (including phenoxy) is 2. The molecule has 8 N–H and O–H groups in total. The molecule has 3 rings (SSSR count). The smallest absolute Gasteiger partial charge is 0.870 e. The van der Waals surface area contributed by atoms with Crippen LogP contribution in [0.25, 0.3) is 11.5 Å². The van der Waals surface area contributed by atoms with Gasteiger partial charge in [-0.3, -0.25) is 0 Å². The summed E-state index contributed by atoms with van der Waals surface area (Å²) in [6, 6.07) is -0.160. The zero-order valence-electron chi connectivity index (χ0n) is 17.2. The van der Waals surface area contributed by atoms with Gasteiger partial charge in [-0.25, -0.2) is 9.59 Å². The van der Waals surface area contributed by atoms with Gasteiger partial charge in [-0.2, -0.15) is 12.1 Å². The summed E-state index contributed by atoms with van der Waals surface area (Å²) in [6.45, 7) is -1.42. The van der Waals surface area contributed by atoms with Crippen LogP contribution in [0.15, 0.2) is 23.0 Å². The Morgan fingerprint density at radius 1 is 0.818 bits per heavy atom. The zero-order valence-corrected chi connectivity index (χ0v) is 19.4. The molecule has 1 fully saturated rings. The molecule has 0 radical (unpaired) electrons. The van der Waals surface area contributed by atoms with Crippen molar-refractivity contribution in [3.05, 3.63) is 34.5 Å². The van der Waals surface area contributed by atoms with Crippen LogP contribution in [-0.2, 0) is 40.1 Å². The number of hydrogen-bond donors (Lipinski definition) is 6. The summed E-state index contributed by atoms with van der Waals surface area (Å²) < 4.78 is 8.51. The molecule has 0 aromatic carbocycles. The standard InChI is InChI=1S/C6H12N2.2C6H8O6.Pt/c7-5-3-1-2-4-6(5)8;2*7-1-2(8)5-3(9)4(10)6(11)12-5;/h5-8H,1-4H2;2*2,5,7-10H,1H2;/q-2;;;+4/p-2/t5-,6-;2*2-,5+;/m000./s1. The van der Waals surface area contributed by atoms with Gasteiger partial charge in [0.2, 0.25) is 0 Å². The molecule has 3 aliphatic rings. The fourth-order valence-corrected chi connectivity index (χ4v) is 2.75. The molecule has 2 heterocycles. The average molecular weight is 657 g/mol. The molecule has 1 saturated carbocycles. The quantitative estimate of drug-likeness (QED) is 0.167. The van der Waals surface area contributed by atoms with Crippen molar-refractivity contribution < 1.29 is 81.0 Å². The third kappa shape index (κ3) is 8.41.